The van der Waals surface area contributed by atoms with Crippen molar-refractivity contribution in [2.45, 2.75) is 13.3 Å². The number of morpholine rings is 1. The van der Waals surface area contributed by atoms with E-state index in [-0.39, 0.29) is 18.3 Å². The number of hydrogen-bond donors (Lipinski definition) is 0. The molecule has 4 rings (SSSR count). The highest BCUT2D eigenvalue weighted by molar-refractivity contribution is 7.22. The molecule has 0 unspecified atom stereocenters. The Morgan fingerprint density at radius 3 is 2.80 bits per heavy atom. The monoisotopic (exact) mass is 452 g/mol. The van der Waals surface area contributed by atoms with E-state index < -0.39 is 0 Å². The lowest BCUT2D eigenvalue weighted by Gasteiger charge is -2.27. The molecule has 2 aromatic heterocycles. The van der Waals surface area contributed by atoms with Crippen LogP contribution in [0.1, 0.15) is 22.7 Å². The number of thiazole rings is 1. The molecule has 0 radical (unpaired) electrons. The zero-order valence-corrected chi connectivity index (χ0v) is 18.6. The van der Waals surface area contributed by atoms with Gasteiger partial charge in [0.15, 0.2) is 10.8 Å². The smallest absolute Gasteiger partial charge is 0.282 e. The van der Waals surface area contributed by atoms with E-state index in [2.05, 4.69) is 15.0 Å². The molecule has 0 bridgehead atoms. The molecular formula is C20H25ClN4O4S. The lowest BCUT2D eigenvalue weighted by atomic mass is 10.3. The van der Waals surface area contributed by atoms with Gasteiger partial charge in [-0.3, -0.25) is 14.6 Å². The van der Waals surface area contributed by atoms with Gasteiger partial charge in [-0.25, -0.2) is 4.98 Å². The summed E-state index contributed by atoms with van der Waals surface area (Å²) >= 11 is 1.47. The summed E-state index contributed by atoms with van der Waals surface area (Å²) < 4.78 is 16.8. The Morgan fingerprint density at radius 2 is 2.10 bits per heavy atom. The third kappa shape index (κ3) is 5.10. The van der Waals surface area contributed by atoms with Crippen molar-refractivity contribution in [1.82, 2.24) is 15.0 Å². The largest absolute Gasteiger partial charge is 0.497 e. The minimum Gasteiger partial charge on any atom is -0.497 e. The Balaban J connectivity index is 0.00000256. The standard InChI is InChI=1S/C20H24N4O4S.ClH/c1-14-12-17(22-28-14)19(25)24(7-3-6-23-8-10-27-11-9-23)20-21-16-5-4-15(26-2)13-18(16)29-20;/h4-5,12-13H,3,6-11H2,1-2H3;1H. The van der Waals surface area contributed by atoms with Crippen LogP contribution in [-0.4, -0.2) is 67.5 Å². The molecule has 1 aliphatic heterocycles. The number of anilines is 1. The third-order valence-electron chi connectivity index (χ3n) is 4.87. The number of rotatable bonds is 7. The maximum atomic E-state index is 13.2. The summed E-state index contributed by atoms with van der Waals surface area (Å²) in [6, 6.07) is 7.38. The molecule has 1 amide bonds. The van der Waals surface area contributed by atoms with E-state index in [4.69, 9.17) is 14.0 Å². The zero-order valence-electron chi connectivity index (χ0n) is 17.0. The highest BCUT2D eigenvalue weighted by atomic mass is 35.5. The number of nitrogens with zero attached hydrogens (tertiary/aromatic N) is 4. The van der Waals surface area contributed by atoms with E-state index in [9.17, 15) is 4.79 Å². The highest BCUT2D eigenvalue weighted by Crippen LogP contribution is 2.32. The molecular weight excluding hydrogens is 428 g/mol. The summed E-state index contributed by atoms with van der Waals surface area (Å²) in [5.74, 6) is 1.18. The minimum absolute atomic E-state index is 0. The van der Waals surface area contributed by atoms with Gasteiger partial charge in [0.2, 0.25) is 0 Å². The van der Waals surface area contributed by atoms with Crippen LogP contribution in [0.4, 0.5) is 5.13 Å². The van der Waals surface area contributed by atoms with Crippen molar-refractivity contribution in [2.24, 2.45) is 0 Å². The Kier molecular flexibility index (Phi) is 7.65. The fourth-order valence-corrected chi connectivity index (χ4v) is 4.32. The van der Waals surface area contributed by atoms with E-state index in [1.54, 1.807) is 25.0 Å². The lowest BCUT2D eigenvalue weighted by Crippen LogP contribution is -2.39. The number of methoxy groups -OCH3 is 1. The maximum Gasteiger partial charge on any atom is 0.282 e. The fraction of sp³-hybridized carbons (Fsp3) is 0.450. The predicted molar refractivity (Wildman–Crippen MR) is 118 cm³/mol. The molecule has 0 atom stereocenters. The van der Waals surface area contributed by atoms with Crippen LogP contribution in [-0.2, 0) is 4.74 Å². The number of fused-ring (bicyclic) bond motifs is 1. The second-order valence-corrected chi connectivity index (χ2v) is 7.93. The summed E-state index contributed by atoms with van der Waals surface area (Å²) in [7, 11) is 1.64. The molecule has 0 aliphatic carbocycles. The van der Waals surface area contributed by atoms with Crippen molar-refractivity contribution in [3.8, 4) is 5.75 Å². The van der Waals surface area contributed by atoms with Crippen LogP contribution in [0, 0.1) is 6.92 Å². The Bertz CT molecular complexity index is 986. The van der Waals surface area contributed by atoms with Crippen LogP contribution >= 0.6 is 23.7 Å². The predicted octanol–water partition coefficient (Wildman–Crippen LogP) is 3.39. The van der Waals surface area contributed by atoms with Gasteiger partial charge in [-0.1, -0.05) is 16.5 Å². The molecule has 162 valence electrons. The number of halogens is 1. The lowest BCUT2D eigenvalue weighted by molar-refractivity contribution is 0.0376. The quantitative estimate of drug-likeness (QED) is 0.543. The van der Waals surface area contributed by atoms with Crippen LogP contribution in [0.5, 0.6) is 5.75 Å². The second kappa shape index (κ2) is 10.2. The molecule has 1 fully saturated rings. The van der Waals surface area contributed by atoms with Crippen LogP contribution in [0.2, 0.25) is 0 Å². The van der Waals surface area contributed by atoms with Gasteiger partial charge in [-0.2, -0.15) is 0 Å². The number of carbonyl (C=O) groups is 1. The molecule has 30 heavy (non-hydrogen) atoms. The molecule has 0 spiro atoms. The molecule has 3 heterocycles. The van der Waals surface area contributed by atoms with Gasteiger partial charge < -0.3 is 14.0 Å². The molecule has 1 aliphatic rings. The molecule has 1 aromatic carbocycles. The molecule has 1 saturated heterocycles. The summed E-state index contributed by atoms with van der Waals surface area (Å²) in [6.07, 6.45) is 0.835. The summed E-state index contributed by atoms with van der Waals surface area (Å²) in [5, 5.41) is 4.56. The van der Waals surface area contributed by atoms with Crippen LogP contribution in [0.3, 0.4) is 0 Å². The van der Waals surface area contributed by atoms with E-state index in [1.807, 2.05) is 18.2 Å². The van der Waals surface area contributed by atoms with E-state index >= 15 is 0 Å². The second-order valence-electron chi connectivity index (χ2n) is 6.92. The van der Waals surface area contributed by atoms with E-state index in [1.165, 1.54) is 11.3 Å². The average Bonchev–Trinajstić information content (AvgIpc) is 3.37. The van der Waals surface area contributed by atoms with Crippen molar-refractivity contribution < 1.29 is 18.8 Å². The van der Waals surface area contributed by atoms with Crippen LogP contribution in [0.15, 0.2) is 28.8 Å². The van der Waals surface area contributed by atoms with Gasteiger partial charge in [0.1, 0.15) is 11.5 Å². The van der Waals surface area contributed by atoms with Gasteiger partial charge >= 0.3 is 0 Å². The SMILES string of the molecule is COc1ccc2nc(N(CCCN3CCOCC3)C(=O)c3cc(C)on3)sc2c1.Cl. The summed E-state index contributed by atoms with van der Waals surface area (Å²) in [6.45, 7) is 6.62. The van der Waals surface area contributed by atoms with Crippen LogP contribution in [0.25, 0.3) is 10.2 Å². The molecule has 0 saturated carbocycles. The van der Waals surface area contributed by atoms with Gasteiger partial charge in [0, 0.05) is 32.2 Å². The molecule has 3 aromatic rings. The van der Waals surface area contributed by atoms with Crippen LogP contribution < -0.4 is 9.64 Å². The number of amides is 1. The first-order chi connectivity index (χ1) is 14.1. The number of hydrogen-bond acceptors (Lipinski definition) is 8. The summed E-state index contributed by atoms with van der Waals surface area (Å²) in [5.41, 5.74) is 1.14. The number of carbonyl (C=O) groups excluding carboxylic acids is 1. The molecule has 10 heteroatoms. The zero-order chi connectivity index (χ0) is 20.2. The topological polar surface area (TPSA) is 80.9 Å². The molecule has 0 N–H and O–H groups in total. The Hall–Kier alpha value is -2.20. The average molecular weight is 453 g/mol. The first-order valence-electron chi connectivity index (χ1n) is 9.64. The fourth-order valence-electron chi connectivity index (χ4n) is 3.30. The third-order valence-corrected chi connectivity index (χ3v) is 5.91. The Morgan fingerprint density at radius 1 is 1.30 bits per heavy atom. The van der Waals surface area contributed by atoms with E-state index in [0.29, 0.717) is 23.1 Å². The van der Waals surface area contributed by atoms with Gasteiger partial charge in [-0.15, -0.1) is 12.4 Å². The van der Waals surface area contributed by atoms with Gasteiger partial charge in [-0.05, 0) is 31.5 Å². The number of aromatic nitrogens is 2. The number of aryl methyl sites for hydroxylation is 1. The first-order valence-corrected chi connectivity index (χ1v) is 10.5. The van der Waals surface area contributed by atoms with Crippen molar-refractivity contribution >= 4 is 45.0 Å². The van der Waals surface area contributed by atoms with Gasteiger partial charge in [0.05, 0.1) is 30.5 Å². The summed E-state index contributed by atoms with van der Waals surface area (Å²) in [4.78, 5) is 21.9. The van der Waals surface area contributed by atoms with Crippen molar-refractivity contribution in [1.29, 1.82) is 0 Å². The minimum atomic E-state index is -0.199. The van der Waals surface area contributed by atoms with Gasteiger partial charge in [0.25, 0.3) is 5.91 Å². The highest BCUT2D eigenvalue weighted by Gasteiger charge is 2.24. The van der Waals surface area contributed by atoms with Crippen molar-refractivity contribution in [2.75, 3.05) is 51.4 Å². The first kappa shape index (κ1) is 22.5. The normalized spacial score (nSPS) is 14.5. The van der Waals surface area contributed by atoms with Crippen molar-refractivity contribution in [3.05, 3.63) is 35.7 Å². The maximum absolute atomic E-state index is 13.2. The number of benzene rings is 1. The number of ether oxygens (including phenoxy) is 2. The molecule has 8 nitrogen and oxygen atoms in total. The Labute approximate surface area is 185 Å². The van der Waals surface area contributed by atoms with Crippen molar-refractivity contribution in [3.63, 3.8) is 0 Å². The van der Waals surface area contributed by atoms with E-state index in [0.717, 1.165) is 55.2 Å².